The van der Waals surface area contributed by atoms with Crippen LogP contribution < -0.4 is 0 Å². The monoisotopic (exact) mass is 362 g/mol. The molecule has 7 nitrogen and oxygen atoms in total. The Hall–Kier alpha value is -1.89. The zero-order chi connectivity index (χ0) is 18.7. The minimum Gasteiger partial charge on any atom is -0.378 e. The van der Waals surface area contributed by atoms with Crippen LogP contribution in [0.5, 0.6) is 0 Å². The van der Waals surface area contributed by atoms with Gasteiger partial charge in [0.2, 0.25) is 11.8 Å². The Morgan fingerprint density at radius 3 is 2.54 bits per heavy atom. The van der Waals surface area contributed by atoms with Gasteiger partial charge in [-0.05, 0) is 38.7 Å². The van der Waals surface area contributed by atoms with Gasteiger partial charge in [0.25, 0.3) is 0 Å². The lowest BCUT2D eigenvalue weighted by Gasteiger charge is -2.36. The highest BCUT2D eigenvalue weighted by Gasteiger charge is 2.32. The lowest BCUT2D eigenvalue weighted by atomic mass is 9.96. The van der Waals surface area contributed by atoms with Crippen molar-refractivity contribution < 1.29 is 14.3 Å². The predicted octanol–water partition coefficient (Wildman–Crippen LogP) is 1.16. The van der Waals surface area contributed by atoms with E-state index in [2.05, 4.69) is 12.0 Å². The number of rotatable bonds is 4. The molecule has 1 aromatic rings. The van der Waals surface area contributed by atoms with Crippen LogP contribution in [0.4, 0.5) is 0 Å². The van der Waals surface area contributed by atoms with E-state index in [4.69, 9.17) is 4.74 Å². The van der Waals surface area contributed by atoms with Crippen molar-refractivity contribution in [3.8, 4) is 0 Å². The highest BCUT2D eigenvalue weighted by molar-refractivity contribution is 5.81. The van der Waals surface area contributed by atoms with Gasteiger partial charge in [-0.25, -0.2) is 0 Å². The third-order valence-electron chi connectivity index (χ3n) is 5.62. The van der Waals surface area contributed by atoms with Crippen molar-refractivity contribution in [2.75, 3.05) is 39.4 Å². The third kappa shape index (κ3) is 3.92. The maximum absolute atomic E-state index is 12.8. The smallest absolute Gasteiger partial charge is 0.244 e. The second-order valence-corrected chi connectivity index (χ2v) is 7.28. The molecule has 0 N–H and O–H groups in total. The summed E-state index contributed by atoms with van der Waals surface area (Å²) in [5.41, 5.74) is 3.28. The molecule has 1 atom stereocenters. The number of nitrogens with zero attached hydrogens (tertiary/aromatic N) is 4. The van der Waals surface area contributed by atoms with Gasteiger partial charge in [-0.3, -0.25) is 14.3 Å². The maximum Gasteiger partial charge on any atom is 0.244 e. The molecule has 0 spiro atoms. The summed E-state index contributed by atoms with van der Waals surface area (Å²) >= 11 is 0. The third-order valence-corrected chi connectivity index (χ3v) is 5.62. The predicted molar refractivity (Wildman–Crippen MR) is 97.8 cm³/mol. The molecule has 26 heavy (non-hydrogen) atoms. The van der Waals surface area contributed by atoms with Gasteiger partial charge < -0.3 is 14.5 Å². The highest BCUT2D eigenvalue weighted by Crippen LogP contribution is 2.21. The van der Waals surface area contributed by atoms with Gasteiger partial charge in [0.15, 0.2) is 0 Å². The first-order valence-electron chi connectivity index (χ1n) is 9.68. The number of ether oxygens (including phenoxy) is 1. The summed E-state index contributed by atoms with van der Waals surface area (Å²) in [5, 5.41) is 4.52. The first kappa shape index (κ1) is 18.9. The molecule has 3 rings (SSSR count). The average molecular weight is 362 g/mol. The molecule has 2 aliphatic heterocycles. The number of piperidine rings is 1. The van der Waals surface area contributed by atoms with Crippen molar-refractivity contribution >= 4 is 11.8 Å². The zero-order valence-electron chi connectivity index (χ0n) is 16.2. The number of hydrogen-bond donors (Lipinski definition) is 0. The fraction of sp³-hybridized carbons (Fsp3) is 0.737. The Morgan fingerprint density at radius 1 is 1.15 bits per heavy atom. The lowest BCUT2D eigenvalue weighted by Crippen LogP contribution is -2.50. The van der Waals surface area contributed by atoms with E-state index < -0.39 is 0 Å². The number of morpholine rings is 1. The van der Waals surface area contributed by atoms with E-state index in [1.807, 2.05) is 28.3 Å². The van der Waals surface area contributed by atoms with E-state index in [1.54, 1.807) is 0 Å². The van der Waals surface area contributed by atoms with Gasteiger partial charge in [0.05, 0.1) is 24.8 Å². The Balaban J connectivity index is 1.62. The van der Waals surface area contributed by atoms with Crippen LogP contribution in [0.1, 0.15) is 36.7 Å². The molecule has 7 heteroatoms. The minimum atomic E-state index is -0.0857. The normalized spacial score (nSPS) is 21.1. The van der Waals surface area contributed by atoms with E-state index >= 15 is 0 Å². The van der Waals surface area contributed by atoms with Crippen LogP contribution in [0.2, 0.25) is 0 Å². The summed E-state index contributed by atoms with van der Waals surface area (Å²) in [6.45, 7) is 10.2. The quantitative estimate of drug-likeness (QED) is 0.806. The minimum absolute atomic E-state index is 0.0535. The fourth-order valence-corrected chi connectivity index (χ4v) is 4.07. The first-order valence-corrected chi connectivity index (χ1v) is 9.68. The second kappa shape index (κ2) is 8.20. The van der Waals surface area contributed by atoms with Crippen LogP contribution in [-0.4, -0.2) is 70.8 Å². The van der Waals surface area contributed by atoms with Crippen molar-refractivity contribution in [3.63, 3.8) is 0 Å². The fourth-order valence-electron chi connectivity index (χ4n) is 4.07. The molecule has 3 heterocycles. The molecule has 0 saturated carbocycles. The van der Waals surface area contributed by atoms with Crippen molar-refractivity contribution in [2.24, 2.45) is 5.92 Å². The van der Waals surface area contributed by atoms with Gasteiger partial charge in [-0.1, -0.05) is 6.92 Å². The summed E-state index contributed by atoms with van der Waals surface area (Å²) in [4.78, 5) is 29.3. The van der Waals surface area contributed by atoms with Crippen molar-refractivity contribution in [3.05, 3.63) is 17.0 Å². The van der Waals surface area contributed by atoms with Crippen LogP contribution in [0, 0.1) is 19.8 Å². The van der Waals surface area contributed by atoms with E-state index in [1.165, 1.54) is 5.56 Å². The molecule has 1 aromatic heterocycles. The molecule has 144 valence electrons. The Kier molecular flexibility index (Phi) is 5.96. The van der Waals surface area contributed by atoms with E-state index in [9.17, 15) is 9.59 Å². The number of hydrogen-bond acceptors (Lipinski definition) is 4. The molecule has 2 amide bonds. The number of carbonyl (C=O) groups excluding carboxylic acids is 2. The van der Waals surface area contributed by atoms with Crippen LogP contribution in [-0.2, 0) is 27.3 Å². The topological polar surface area (TPSA) is 67.7 Å². The maximum atomic E-state index is 12.8. The largest absolute Gasteiger partial charge is 0.378 e. The summed E-state index contributed by atoms with van der Waals surface area (Å²) in [7, 11) is 0. The number of amides is 2. The van der Waals surface area contributed by atoms with Crippen LogP contribution in [0.3, 0.4) is 0 Å². The van der Waals surface area contributed by atoms with Crippen molar-refractivity contribution in [1.29, 1.82) is 0 Å². The number of likely N-dealkylation sites (tertiary alicyclic amines) is 1. The van der Waals surface area contributed by atoms with Gasteiger partial charge in [-0.15, -0.1) is 0 Å². The molecule has 0 unspecified atom stereocenters. The Morgan fingerprint density at radius 2 is 1.88 bits per heavy atom. The van der Waals surface area contributed by atoms with Gasteiger partial charge >= 0.3 is 0 Å². The number of aryl methyl sites for hydroxylation is 1. The second-order valence-electron chi connectivity index (χ2n) is 7.28. The standard InChI is InChI=1S/C19H30N4O3/c1-4-17-14(2)20-23(15(17)3)13-18(24)22-7-5-6-16(12-22)19(25)21-8-10-26-11-9-21/h16H,4-13H2,1-3H3/t16-/m0/s1. The van der Waals surface area contributed by atoms with Crippen molar-refractivity contribution in [2.45, 2.75) is 46.6 Å². The molecular formula is C19H30N4O3. The molecule has 0 radical (unpaired) electrons. The van der Waals surface area contributed by atoms with E-state index in [-0.39, 0.29) is 24.3 Å². The van der Waals surface area contributed by atoms with Gasteiger partial charge in [0, 0.05) is 31.9 Å². The molecule has 0 bridgehead atoms. The highest BCUT2D eigenvalue weighted by atomic mass is 16.5. The summed E-state index contributed by atoms with van der Waals surface area (Å²) in [6.07, 6.45) is 2.66. The number of carbonyl (C=O) groups is 2. The summed E-state index contributed by atoms with van der Waals surface area (Å²) < 4.78 is 7.14. The van der Waals surface area contributed by atoms with Gasteiger partial charge in [-0.2, -0.15) is 5.10 Å². The molecule has 2 fully saturated rings. The molecular weight excluding hydrogens is 332 g/mol. The van der Waals surface area contributed by atoms with E-state index in [0.717, 1.165) is 37.2 Å². The van der Waals surface area contributed by atoms with Gasteiger partial charge in [0.1, 0.15) is 6.54 Å². The van der Waals surface area contributed by atoms with Crippen molar-refractivity contribution in [1.82, 2.24) is 19.6 Å². The molecule has 0 aromatic carbocycles. The Bertz CT molecular complexity index is 664. The van der Waals surface area contributed by atoms with Crippen LogP contribution in [0.25, 0.3) is 0 Å². The SMILES string of the molecule is CCc1c(C)nn(CC(=O)N2CCC[C@H](C(=O)N3CCOCC3)C2)c1C. The Labute approximate surface area is 155 Å². The number of aromatic nitrogens is 2. The molecule has 2 saturated heterocycles. The average Bonchev–Trinajstić information content (AvgIpc) is 2.94. The van der Waals surface area contributed by atoms with E-state index in [0.29, 0.717) is 32.8 Å². The van der Waals surface area contributed by atoms with Crippen LogP contribution >= 0.6 is 0 Å². The molecule has 2 aliphatic rings. The summed E-state index contributed by atoms with van der Waals surface area (Å²) in [6, 6.07) is 0. The zero-order valence-corrected chi connectivity index (χ0v) is 16.2. The molecule has 0 aliphatic carbocycles. The summed E-state index contributed by atoms with van der Waals surface area (Å²) in [5.74, 6) is 0.139. The van der Waals surface area contributed by atoms with Crippen LogP contribution in [0.15, 0.2) is 0 Å². The lowest BCUT2D eigenvalue weighted by molar-refractivity contribution is -0.144. The first-order chi connectivity index (χ1) is 12.5.